The highest BCUT2D eigenvalue weighted by molar-refractivity contribution is 5.47. The topological polar surface area (TPSA) is 66.4 Å². The van der Waals surface area contributed by atoms with Gasteiger partial charge >= 0.3 is 0 Å². The average molecular weight is 374 g/mol. The van der Waals surface area contributed by atoms with Crippen LogP contribution in [0.5, 0.6) is 11.5 Å². The molecular formula is C21H26O6. The molecule has 1 aromatic carbocycles. The van der Waals surface area contributed by atoms with Gasteiger partial charge in [-0.25, -0.2) is 0 Å². The van der Waals surface area contributed by atoms with Crippen molar-refractivity contribution in [3.8, 4) is 11.5 Å². The highest BCUT2D eigenvalue weighted by atomic mass is 16.7. The Morgan fingerprint density at radius 2 is 2.07 bits per heavy atom. The van der Waals surface area contributed by atoms with Crippen LogP contribution in [-0.4, -0.2) is 43.4 Å². The first-order valence-corrected chi connectivity index (χ1v) is 9.17. The lowest BCUT2D eigenvalue weighted by Gasteiger charge is -2.46. The summed E-state index contributed by atoms with van der Waals surface area (Å²) in [5, 5.41) is 11.7. The van der Waals surface area contributed by atoms with Crippen LogP contribution in [0, 0.1) is 5.92 Å². The van der Waals surface area contributed by atoms with E-state index in [4.69, 9.17) is 23.7 Å². The predicted molar refractivity (Wildman–Crippen MR) is 98.6 cm³/mol. The molecule has 4 rings (SSSR count). The van der Waals surface area contributed by atoms with Crippen LogP contribution >= 0.6 is 0 Å². The van der Waals surface area contributed by atoms with Crippen LogP contribution in [-0.2, 0) is 14.2 Å². The Kier molecular flexibility index (Phi) is 4.45. The summed E-state index contributed by atoms with van der Waals surface area (Å²) < 4.78 is 29.0. The van der Waals surface area contributed by atoms with Gasteiger partial charge in [0.15, 0.2) is 17.1 Å². The molecule has 3 aliphatic rings. The third-order valence-electron chi connectivity index (χ3n) is 6.06. The number of fused-ring (bicyclic) bond motifs is 2. The molecule has 5 atom stereocenters. The minimum atomic E-state index is -1.36. The normalized spacial score (nSPS) is 36.9. The second kappa shape index (κ2) is 6.55. The maximum Gasteiger partial charge on any atom is 0.231 e. The van der Waals surface area contributed by atoms with E-state index in [1.54, 1.807) is 21.1 Å². The monoisotopic (exact) mass is 374 g/mol. The van der Waals surface area contributed by atoms with Gasteiger partial charge in [0, 0.05) is 7.11 Å². The maximum atomic E-state index is 11.7. The molecule has 0 radical (unpaired) electrons. The summed E-state index contributed by atoms with van der Waals surface area (Å²) in [6.45, 7) is 5.81. The average Bonchev–Trinajstić information content (AvgIpc) is 3.22. The van der Waals surface area contributed by atoms with Gasteiger partial charge in [-0.3, -0.25) is 0 Å². The summed E-state index contributed by atoms with van der Waals surface area (Å²) in [7, 11) is 3.19. The smallest absolute Gasteiger partial charge is 0.231 e. The Hall–Kier alpha value is -2.02. The lowest BCUT2D eigenvalue weighted by molar-refractivity contribution is -0.162. The lowest BCUT2D eigenvalue weighted by Crippen LogP contribution is -2.61. The molecule has 1 N–H and O–H groups in total. The van der Waals surface area contributed by atoms with E-state index in [9.17, 15) is 5.11 Å². The van der Waals surface area contributed by atoms with Gasteiger partial charge in [-0.2, -0.15) is 0 Å². The van der Waals surface area contributed by atoms with Crippen LogP contribution < -0.4 is 9.47 Å². The van der Waals surface area contributed by atoms with E-state index in [0.717, 1.165) is 18.4 Å². The van der Waals surface area contributed by atoms with Crippen molar-refractivity contribution in [2.45, 2.75) is 43.2 Å². The minimum absolute atomic E-state index is 0.131. The SMILES string of the molecule is C=CCC1CC=C(OC)C2(OC)C1OC(c1ccc3c(c1)OCO3)C2(C)O. The fourth-order valence-corrected chi connectivity index (χ4v) is 4.80. The van der Waals surface area contributed by atoms with Crippen LogP contribution in [0.15, 0.2) is 42.7 Å². The molecule has 1 saturated heterocycles. The summed E-state index contributed by atoms with van der Waals surface area (Å²) in [4.78, 5) is 0. The molecule has 6 nitrogen and oxygen atoms in total. The predicted octanol–water partition coefficient (Wildman–Crippen LogP) is 3.12. The Balaban J connectivity index is 1.80. The van der Waals surface area contributed by atoms with Crippen LogP contribution in [0.1, 0.15) is 31.4 Å². The number of hydrogen-bond donors (Lipinski definition) is 1. The van der Waals surface area contributed by atoms with Crippen molar-refractivity contribution >= 4 is 0 Å². The molecule has 6 heteroatoms. The van der Waals surface area contributed by atoms with Gasteiger partial charge in [0.05, 0.1) is 7.11 Å². The number of benzene rings is 1. The first-order valence-electron chi connectivity index (χ1n) is 9.17. The fraction of sp³-hybridized carbons (Fsp3) is 0.524. The molecule has 0 aromatic heterocycles. The molecule has 0 bridgehead atoms. The molecule has 1 aromatic rings. The fourth-order valence-electron chi connectivity index (χ4n) is 4.80. The molecule has 146 valence electrons. The maximum absolute atomic E-state index is 11.7. The van der Waals surface area contributed by atoms with Gasteiger partial charge in [0.2, 0.25) is 6.79 Å². The standard InChI is InChI=1S/C21H26O6/c1-5-6-13-8-10-17(23-3)21(24-4)19(13)27-18(20(21,2)22)14-7-9-15-16(11-14)26-12-25-15/h5,7,9-11,13,18-19,22H,1,6,8,12H2,2-4H3. The van der Waals surface area contributed by atoms with Gasteiger partial charge in [-0.1, -0.05) is 12.1 Å². The van der Waals surface area contributed by atoms with Gasteiger partial charge in [-0.05, 0) is 49.5 Å². The molecule has 2 aliphatic heterocycles. The van der Waals surface area contributed by atoms with E-state index in [1.165, 1.54) is 0 Å². The highest BCUT2D eigenvalue weighted by Crippen LogP contribution is 2.58. The lowest BCUT2D eigenvalue weighted by atomic mass is 9.69. The summed E-state index contributed by atoms with van der Waals surface area (Å²) in [5.74, 6) is 2.08. The van der Waals surface area contributed by atoms with Gasteiger partial charge in [0.25, 0.3) is 0 Å². The van der Waals surface area contributed by atoms with Crippen LogP contribution in [0.3, 0.4) is 0 Å². The molecule has 1 fully saturated rings. The van der Waals surface area contributed by atoms with Crippen molar-refractivity contribution in [3.05, 3.63) is 48.3 Å². The zero-order valence-electron chi connectivity index (χ0n) is 15.9. The van der Waals surface area contributed by atoms with Gasteiger partial charge in [0.1, 0.15) is 23.6 Å². The molecule has 5 unspecified atom stereocenters. The Morgan fingerprint density at radius 1 is 1.30 bits per heavy atom. The highest BCUT2D eigenvalue weighted by Gasteiger charge is 2.69. The number of methoxy groups -OCH3 is 2. The number of allylic oxidation sites excluding steroid dienone is 2. The van der Waals surface area contributed by atoms with E-state index >= 15 is 0 Å². The molecule has 27 heavy (non-hydrogen) atoms. The summed E-state index contributed by atoms with van der Waals surface area (Å²) in [5.41, 5.74) is -1.65. The third-order valence-corrected chi connectivity index (χ3v) is 6.06. The second-order valence-corrected chi connectivity index (χ2v) is 7.43. The van der Waals surface area contributed by atoms with Crippen molar-refractivity contribution < 1.29 is 28.8 Å². The number of ether oxygens (including phenoxy) is 5. The molecular weight excluding hydrogens is 348 g/mol. The van der Waals surface area contributed by atoms with E-state index in [0.29, 0.717) is 17.3 Å². The van der Waals surface area contributed by atoms with Gasteiger partial charge < -0.3 is 28.8 Å². The van der Waals surface area contributed by atoms with Gasteiger partial charge in [-0.15, -0.1) is 6.58 Å². The van der Waals surface area contributed by atoms with E-state index in [2.05, 4.69) is 6.58 Å². The first-order chi connectivity index (χ1) is 13.0. The molecule has 0 amide bonds. The summed E-state index contributed by atoms with van der Waals surface area (Å²) in [6, 6.07) is 5.60. The number of aliphatic hydroxyl groups is 1. The Bertz CT molecular complexity index is 770. The van der Waals surface area contributed by atoms with Crippen molar-refractivity contribution in [3.63, 3.8) is 0 Å². The largest absolute Gasteiger partial charge is 0.498 e. The molecule has 1 aliphatic carbocycles. The van der Waals surface area contributed by atoms with Crippen molar-refractivity contribution in [1.82, 2.24) is 0 Å². The zero-order chi connectivity index (χ0) is 19.2. The number of hydrogen-bond acceptors (Lipinski definition) is 6. The molecule has 0 saturated carbocycles. The van der Waals surface area contributed by atoms with Crippen LogP contribution in [0.2, 0.25) is 0 Å². The van der Waals surface area contributed by atoms with Crippen molar-refractivity contribution in [1.29, 1.82) is 0 Å². The van der Waals surface area contributed by atoms with Crippen LogP contribution in [0.25, 0.3) is 0 Å². The quantitative estimate of drug-likeness (QED) is 0.799. The van der Waals surface area contributed by atoms with E-state index < -0.39 is 17.3 Å². The van der Waals surface area contributed by atoms with Crippen molar-refractivity contribution in [2.75, 3.05) is 21.0 Å². The first kappa shape index (κ1) is 18.3. The van der Waals surface area contributed by atoms with E-state index in [1.807, 2.05) is 30.4 Å². The van der Waals surface area contributed by atoms with Crippen LogP contribution in [0.4, 0.5) is 0 Å². The van der Waals surface area contributed by atoms with E-state index in [-0.39, 0.29) is 18.8 Å². The second-order valence-electron chi connectivity index (χ2n) is 7.43. The minimum Gasteiger partial charge on any atom is -0.498 e. The summed E-state index contributed by atoms with van der Waals surface area (Å²) in [6.07, 6.45) is 4.42. The third kappa shape index (κ3) is 2.43. The number of rotatable bonds is 5. The Labute approximate surface area is 159 Å². The Morgan fingerprint density at radius 3 is 2.78 bits per heavy atom. The molecule has 0 spiro atoms. The summed E-state index contributed by atoms with van der Waals surface area (Å²) >= 11 is 0. The van der Waals surface area contributed by atoms with Crippen molar-refractivity contribution in [2.24, 2.45) is 5.92 Å². The zero-order valence-corrected chi connectivity index (χ0v) is 15.9. The molecule has 2 heterocycles.